The molecule has 1 aliphatic rings. The first-order chi connectivity index (χ1) is 7.27. The Labute approximate surface area is 85.4 Å². The Kier molecular flexibility index (Phi) is 2.61. The second-order valence-corrected chi connectivity index (χ2v) is 2.93. The Hall–Kier alpha value is -1.53. The van der Waals surface area contributed by atoms with Crippen molar-refractivity contribution in [3.63, 3.8) is 0 Å². The van der Waals surface area contributed by atoms with E-state index in [0.29, 0.717) is 11.3 Å². The van der Waals surface area contributed by atoms with Crippen LogP contribution >= 0.6 is 0 Å². The van der Waals surface area contributed by atoms with Gasteiger partial charge in [0.25, 0.3) is 0 Å². The molecular formula is C9H10FNO4. The molecule has 0 aromatic heterocycles. The molecule has 0 spiro atoms. The molecule has 1 aliphatic heterocycles. The lowest BCUT2D eigenvalue weighted by Crippen LogP contribution is -2.03. The quantitative estimate of drug-likeness (QED) is 0.760. The van der Waals surface area contributed by atoms with Gasteiger partial charge in [0.2, 0.25) is 18.4 Å². The maximum Gasteiger partial charge on any atom is 0.231 e. The third kappa shape index (κ3) is 1.57. The van der Waals surface area contributed by atoms with Gasteiger partial charge in [0, 0.05) is 5.56 Å². The summed E-state index contributed by atoms with van der Waals surface area (Å²) in [5, 5.41) is 0. The number of fused-ring (bicyclic) bond motifs is 1. The summed E-state index contributed by atoms with van der Waals surface area (Å²) in [6.07, 6.45) is 0. The molecule has 1 aromatic rings. The number of ether oxygens (including phenoxy) is 3. The minimum absolute atomic E-state index is 0.00232. The number of halogens is 1. The Morgan fingerprint density at radius 2 is 2.33 bits per heavy atom. The third-order valence-electron chi connectivity index (χ3n) is 2.08. The lowest BCUT2D eigenvalue weighted by atomic mass is 10.1. The van der Waals surface area contributed by atoms with E-state index in [1.165, 1.54) is 7.11 Å². The van der Waals surface area contributed by atoms with E-state index in [9.17, 15) is 4.39 Å². The molecule has 6 heteroatoms. The highest BCUT2D eigenvalue weighted by atomic mass is 19.1. The third-order valence-corrected chi connectivity index (χ3v) is 2.08. The molecule has 0 atom stereocenters. The molecule has 0 unspecified atom stereocenters. The van der Waals surface area contributed by atoms with Gasteiger partial charge in [-0.2, -0.15) is 4.39 Å². The molecular weight excluding hydrogens is 205 g/mol. The highest BCUT2D eigenvalue weighted by Gasteiger charge is 2.25. The van der Waals surface area contributed by atoms with E-state index < -0.39 is 5.82 Å². The van der Waals surface area contributed by atoms with Crippen molar-refractivity contribution in [2.24, 2.45) is 5.90 Å². The van der Waals surface area contributed by atoms with Crippen LogP contribution in [0, 0.1) is 5.82 Å². The highest BCUT2D eigenvalue weighted by molar-refractivity contribution is 5.53. The monoisotopic (exact) mass is 215 g/mol. The van der Waals surface area contributed by atoms with Crippen LogP contribution in [0.3, 0.4) is 0 Å². The molecule has 0 aliphatic carbocycles. The van der Waals surface area contributed by atoms with Crippen LogP contribution in [0.25, 0.3) is 0 Å². The molecule has 0 saturated carbocycles. The van der Waals surface area contributed by atoms with E-state index in [0.717, 1.165) is 0 Å². The summed E-state index contributed by atoms with van der Waals surface area (Å²) < 4.78 is 28.6. The standard InChI is InChI=1S/C9H10FNO4/c1-12-8-5(3-15-11)2-6-9(7(8)10)14-4-13-6/h2H,3-4,11H2,1H3. The minimum atomic E-state index is -0.598. The topological polar surface area (TPSA) is 62.9 Å². The molecule has 1 heterocycles. The van der Waals surface area contributed by atoms with Crippen LogP contribution in [0.2, 0.25) is 0 Å². The molecule has 0 fully saturated rings. The molecule has 5 nitrogen and oxygen atoms in total. The van der Waals surface area contributed by atoms with Gasteiger partial charge in [-0.25, -0.2) is 5.90 Å². The zero-order valence-electron chi connectivity index (χ0n) is 8.08. The molecule has 15 heavy (non-hydrogen) atoms. The number of hydrogen-bond acceptors (Lipinski definition) is 5. The minimum Gasteiger partial charge on any atom is -0.493 e. The van der Waals surface area contributed by atoms with Crippen LogP contribution in [-0.2, 0) is 11.4 Å². The summed E-state index contributed by atoms with van der Waals surface area (Å²) >= 11 is 0. The van der Waals surface area contributed by atoms with Crippen LogP contribution in [0.15, 0.2) is 6.07 Å². The van der Waals surface area contributed by atoms with Gasteiger partial charge in [-0.1, -0.05) is 0 Å². The Morgan fingerprint density at radius 3 is 3.00 bits per heavy atom. The maximum absolute atomic E-state index is 13.7. The Balaban J connectivity index is 2.51. The normalized spacial score (nSPS) is 13.0. The molecule has 0 radical (unpaired) electrons. The lowest BCUT2D eigenvalue weighted by molar-refractivity contribution is 0.121. The molecule has 1 aromatic carbocycles. The predicted molar refractivity (Wildman–Crippen MR) is 48.1 cm³/mol. The first-order valence-corrected chi connectivity index (χ1v) is 4.24. The van der Waals surface area contributed by atoms with Crippen molar-refractivity contribution in [3.05, 3.63) is 17.4 Å². The van der Waals surface area contributed by atoms with Gasteiger partial charge < -0.3 is 14.2 Å². The van der Waals surface area contributed by atoms with E-state index in [2.05, 4.69) is 4.84 Å². The zero-order chi connectivity index (χ0) is 10.8. The highest BCUT2D eigenvalue weighted by Crippen LogP contribution is 2.41. The largest absolute Gasteiger partial charge is 0.493 e. The Morgan fingerprint density at radius 1 is 1.53 bits per heavy atom. The maximum atomic E-state index is 13.7. The van der Waals surface area contributed by atoms with Gasteiger partial charge >= 0.3 is 0 Å². The Bertz CT molecular complexity index is 383. The summed E-state index contributed by atoms with van der Waals surface area (Å²) in [6.45, 7) is 0.0408. The van der Waals surface area contributed by atoms with Crippen LogP contribution < -0.4 is 20.1 Å². The van der Waals surface area contributed by atoms with Crippen LogP contribution in [0.1, 0.15) is 5.56 Å². The van der Waals surface area contributed by atoms with E-state index in [1.54, 1.807) is 6.07 Å². The van der Waals surface area contributed by atoms with Gasteiger partial charge in [0.05, 0.1) is 13.7 Å². The fourth-order valence-electron chi connectivity index (χ4n) is 1.45. The molecule has 0 saturated heterocycles. The number of rotatable bonds is 3. The molecule has 0 amide bonds. The predicted octanol–water partition coefficient (Wildman–Crippen LogP) is 0.953. The van der Waals surface area contributed by atoms with Gasteiger partial charge in [-0.05, 0) is 6.07 Å². The van der Waals surface area contributed by atoms with E-state index >= 15 is 0 Å². The average molecular weight is 215 g/mol. The summed E-state index contributed by atoms with van der Waals surface area (Å²) in [5.41, 5.74) is 0.474. The smallest absolute Gasteiger partial charge is 0.231 e. The fourth-order valence-corrected chi connectivity index (χ4v) is 1.45. The van der Waals surface area contributed by atoms with Crippen LogP contribution in [-0.4, -0.2) is 13.9 Å². The lowest BCUT2D eigenvalue weighted by Gasteiger charge is -2.10. The van der Waals surface area contributed by atoms with Crippen molar-refractivity contribution < 1.29 is 23.4 Å². The summed E-state index contributed by atoms with van der Waals surface area (Å²) in [7, 11) is 1.36. The number of hydrogen-bond donors (Lipinski definition) is 1. The summed E-state index contributed by atoms with van der Waals surface area (Å²) in [6, 6.07) is 1.58. The zero-order valence-corrected chi connectivity index (χ0v) is 8.08. The molecule has 82 valence electrons. The van der Waals surface area contributed by atoms with Crippen molar-refractivity contribution >= 4 is 0 Å². The molecule has 2 N–H and O–H groups in total. The molecule has 2 rings (SSSR count). The van der Waals surface area contributed by atoms with Gasteiger partial charge in [-0.3, -0.25) is 4.84 Å². The van der Waals surface area contributed by atoms with Crippen LogP contribution in [0.4, 0.5) is 4.39 Å². The van der Waals surface area contributed by atoms with E-state index in [4.69, 9.17) is 20.1 Å². The number of nitrogens with two attached hydrogens (primary N) is 1. The second kappa shape index (κ2) is 3.92. The summed E-state index contributed by atoms with van der Waals surface area (Å²) in [5.74, 6) is 4.79. The molecule has 0 bridgehead atoms. The SMILES string of the molecule is COc1c(CON)cc2c(c1F)OCO2. The van der Waals surface area contributed by atoms with Crippen molar-refractivity contribution in [1.82, 2.24) is 0 Å². The second-order valence-electron chi connectivity index (χ2n) is 2.93. The van der Waals surface area contributed by atoms with Crippen molar-refractivity contribution in [2.75, 3.05) is 13.9 Å². The van der Waals surface area contributed by atoms with Gasteiger partial charge in [0.1, 0.15) is 0 Å². The van der Waals surface area contributed by atoms with E-state index in [-0.39, 0.29) is 24.9 Å². The van der Waals surface area contributed by atoms with E-state index in [1.807, 2.05) is 0 Å². The van der Waals surface area contributed by atoms with Crippen molar-refractivity contribution in [2.45, 2.75) is 6.61 Å². The van der Waals surface area contributed by atoms with Crippen molar-refractivity contribution in [1.29, 1.82) is 0 Å². The van der Waals surface area contributed by atoms with Gasteiger partial charge in [-0.15, -0.1) is 0 Å². The van der Waals surface area contributed by atoms with Gasteiger partial charge in [0.15, 0.2) is 11.5 Å². The first kappa shape index (κ1) is 10.0. The average Bonchev–Trinajstić information content (AvgIpc) is 2.67. The number of benzene rings is 1. The number of methoxy groups -OCH3 is 1. The fraction of sp³-hybridized carbons (Fsp3) is 0.333. The summed E-state index contributed by atoms with van der Waals surface area (Å²) in [4.78, 5) is 4.44. The van der Waals surface area contributed by atoms with Crippen molar-refractivity contribution in [3.8, 4) is 17.2 Å². The van der Waals surface area contributed by atoms with Crippen LogP contribution in [0.5, 0.6) is 17.2 Å². The first-order valence-electron chi connectivity index (χ1n) is 4.24.